The van der Waals surface area contributed by atoms with Crippen molar-refractivity contribution in [2.45, 2.75) is 26.2 Å². The molecule has 0 aliphatic heterocycles. The Labute approximate surface area is 83.9 Å². The number of rotatable bonds is 5. The van der Waals surface area contributed by atoms with Crippen LogP contribution in [0.15, 0.2) is 0 Å². The summed E-state index contributed by atoms with van der Waals surface area (Å²) in [6, 6.07) is 1.95. The summed E-state index contributed by atoms with van der Waals surface area (Å²) in [6.45, 7) is 2.43. The van der Waals surface area contributed by atoms with Gasteiger partial charge < -0.3 is 10.4 Å². The number of hydrogen-bond acceptors (Lipinski definition) is 3. The Morgan fingerprint density at radius 3 is 2.71 bits per heavy atom. The lowest BCUT2D eigenvalue weighted by atomic mass is 10.1. The smallest absolute Gasteiger partial charge is 0.237 e. The highest BCUT2D eigenvalue weighted by molar-refractivity contribution is 5.81. The van der Waals surface area contributed by atoms with E-state index in [0.717, 1.165) is 12.8 Å². The normalized spacial score (nSPS) is 19.5. The highest BCUT2D eigenvalue weighted by Gasteiger charge is 2.42. The van der Waals surface area contributed by atoms with Gasteiger partial charge in [-0.05, 0) is 19.3 Å². The molecule has 0 spiro atoms. The summed E-state index contributed by atoms with van der Waals surface area (Å²) in [5.41, 5.74) is -0.0800. The van der Waals surface area contributed by atoms with Crippen LogP contribution >= 0.6 is 0 Å². The summed E-state index contributed by atoms with van der Waals surface area (Å²) in [5.74, 6) is -0.765. The van der Waals surface area contributed by atoms with Gasteiger partial charge in [0.05, 0.1) is 12.7 Å². The number of nitriles is 1. The lowest BCUT2D eigenvalue weighted by molar-refractivity contribution is -0.123. The Bertz CT molecular complexity index is 253. The molecular weight excluding hydrogens is 180 g/mol. The quantitative estimate of drug-likeness (QED) is 0.669. The van der Waals surface area contributed by atoms with Crippen molar-refractivity contribution in [3.05, 3.63) is 0 Å². The van der Waals surface area contributed by atoms with Crippen molar-refractivity contribution in [2.24, 2.45) is 11.3 Å². The average molecular weight is 196 g/mol. The van der Waals surface area contributed by atoms with Gasteiger partial charge >= 0.3 is 0 Å². The Hall–Kier alpha value is -1.08. The molecule has 1 rings (SSSR count). The average Bonchev–Trinajstić information content (AvgIpc) is 2.97. The van der Waals surface area contributed by atoms with E-state index in [1.165, 1.54) is 0 Å². The van der Waals surface area contributed by atoms with Crippen molar-refractivity contribution in [1.82, 2.24) is 5.32 Å². The van der Waals surface area contributed by atoms with Crippen LogP contribution in [0.2, 0.25) is 0 Å². The van der Waals surface area contributed by atoms with Crippen LogP contribution in [0.3, 0.4) is 0 Å². The summed E-state index contributed by atoms with van der Waals surface area (Å²) in [5, 5.41) is 20.4. The predicted octanol–water partition coefficient (Wildman–Crippen LogP) is 0.425. The molecule has 0 saturated heterocycles. The fraction of sp³-hybridized carbons (Fsp3) is 0.800. The summed E-state index contributed by atoms with van der Waals surface area (Å²) >= 11 is 0. The van der Waals surface area contributed by atoms with E-state index in [1.54, 1.807) is 0 Å². The molecule has 78 valence electrons. The van der Waals surface area contributed by atoms with Crippen molar-refractivity contribution >= 4 is 5.91 Å². The number of nitrogens with zero attached hydrogens (tertiary/aromatic N) is 1. The van der Waals surface area contributed by atoms with Crippen LogP contribution in [0.5, 0.6) is 0 Å². The third-order valence-electron chi connectivity index (χ3n) is 2.81. The van der Waals surface area contributed by atoms with Crippen LogP contribution in [0, 0.1) is 22.7 Å². The van der Waals surface area contributed by atoms with Crippen molar-refractivity contribution in [1.29, 1.82) is 5.26 Å². The van der Waals surface area contributed by atoms with E-state index in [0.29, 0.717) is 13.0 Å². The van der Waals surface area contributed by atoms with Crippen LogP contribution in [0.4, 0.5) is 0 Å². The molecule has 2 N–H and O–H groups in total. The molecule has 1 aliphatic rings. The molecule has 1 saturated carbocycles. The zero-order valence-electron chi connectivity index (χ0n) is 8.42. The molecule has 1 aliphatic carbocycles. The van der Waals surface area contributed by atoms with Crippen LogP contribution in [0.25, 0.3) is 0 Å². The third-order valence-corrected chi connectivity index (χ3v) is 2.81. The molecule has 4 nitrogen and oxygen atoms in total. The fourth-order valence-corrected chi connectivity index (χ4v) is 1.30. The zero-order valence-corrected chi connectivity index (χ0v) is 8.42. The summed E-state index contributed by atoms with van der Waals surface area (Å²) in [6.07, 6.45) is 2.47. The lowest BCUT2D eigenvalue weighted by Crippen LogP contribution is -2.35. The second-order valence-corrected chi connectivity index (χ2v) is 3.97. The van der Waals surface area contributed by atoms with E-state index in [9.17, 15) is 4.79 Å². The van der Waals surface area contributed by atoms with Crippen molar-refractivity contribution < 1.29 is 9.90 Å². The van der Waals surface area contributed by atoms with E-state index in [2.05, 4.69) is 5.32 Å². The SMILES string of the molecule is CCC(C#N)C(=O)NCC1(CO)CC1. The molecule has 0 heterocycles. The molecule has 1 atom stereocenters. The van der Waals surface area contributed by atoms with Crippen LogP contribution in [-0.2, 0) is 4.79 Å². The van der Waals surface area contributed by atoms with Crippen LogP contribution in [-0.4, -0.2) is 24.2 Å². The Morgan fingerprint density at radius 1 is 1.71 bits per heavy atom. The van der Waals surface area contributed by atoms with E-state index >= 15 is 0 Å². The van der Waals surface area contributed by atoms with Gasteiger partial charge in [0.1, 0.15) is 5.92 Å². The first kappa shape index (κ1) is 11.0. The van der Waals surface area contributed by atoms with E-state index in [4.69, 9.17) is 10.4 Å². The summed E-state index contributed by atoms with van der Waals surface area (Å²) in [4.78, 5) is 11.4. The molecule has 0 aromatic carbocycles. The monoisotopic (exact) mass is 196 g/mol. The van der Waals surface area contributed by atoms with Gasteiger partial charge in [0.15, 0.2) is 0 Å². The number of hydrogen-bond donors (Lipinski definition) is 2. The molecule has 0 aromatic heterocycles. The molecule has 0 radical (unpaired) electrons. The number of aliphatic hydroxyl groups excluding tert-OH is 1. The minimum atomic E-state index is -0.551. The van der Waals surface area contributed by atoms with Gasteiger partial charge in [-0.15, -0.1) is 0 Å². The first-order valence-corrected chi connectivity index (χ1v) is 4.95. The maximum Gasteiger partial charge on any atom is 0.237 e. The first-order chi connectivity index (χ1) is 6.67. The number of aliphatic hydroxyl groups is 1. The maximum absolute atomic E-state index is 11.4. The number of nitrogens with one attached hydrogen (secondary N) is 1. The van der Waals surface area contributed by atoms with Crippen molar-refractivity contribution in [3.8, 4) is 6.07 Å². The van der Waals surface area contributed by atoms with E-state index in [-0.39, 0.29) is 17.9 Å². The molecule has 1 unspecified atom stereocenters. The topological polar surface area (TPSA) is 73.1 Å². The van der Waals surface area contributed by atoms with Gasteiger partial charge in [-0.1, -0.05) is 6.92 Å². The Kier molecular flexibility index (Phi) is 3.48. The third kappa shape index (κ3) is 2.46. The van der Waals surface area contributed by atoms with Crippen LogP contribution in [0.1, 0.15) is 26.2 Å². The Balaban J connectivity index is 2.31. The second kappa shape index (κ2) is 4.43. The first-order valence-electron chi connectivity index (χ1n) is 4.95. The largest absolute Gasteiger partial charge is 0.396 e. The van der Waals surface area contributed by atoms with E-state index < -0.39 is 5.92 Å². The standard InChI is InChI=1S/C10H16N2O2/c1-2-8(5-11)9(14)12-6-10(7-13)3-4-10/h8,13H,2-4,6-7H2,1H3,(H,12,14). The van der Waals surface area contributed by atoms with Gasteiger partial charge in [0.2, 0.25) is 5.91 Å². The maximum atomic E-state index is 11.4. The Morgan fingerprint density at radius 2 is 2.36 bits per heavy atom. The molecular formula is C10H16N2O2. The molecule has 4 heteroatoms. The van der Waals surface area contributed by atoms with E-state index in [1.807, 2.05) is 13.0 Å². The highest BCUT2D eigenvalue weighted by Crippen LogP contribution is 2.44. The van der Waals surface area contributed by atoms with Crippen LogP contribution < -0.4 is 5.32 Å². The van der Waals surface area contributed by atoms with Gasteiger partial charge in [-0.25, -0.2) is 0 Å². The zero-order chi connectivity index (χ0) is 10.6. The fourth-order valence-electron chi connectivity index (χ4n) is 1.30. The molecule has 14 heavy (non-hydrogen) atoms. The minimum Gasteiger partial charge on any atom is -0.396 e. The summed E-state index contributed by atoms with van der Waals surface area (Å²) < 4.78 is 0. The molecule has 0 aromatic rings. The second-order valence-electron chi connectivity index (χ2n) is 3.97. The van der Waals surface area contributed by atoms with Crippen molar-refractivity contribution in [3.63, 3.8) is 0 Å². The lowest BCUT2D eigenvalue weighted by Gasteiger charge is -2.14. The van der Waals surface area contributed by atoms with Gasteiger partial charge in [0.25, 0.3) is 0 Å². The van der Waals surface area contributed by atoms with Gasteiger partial charge in [-0.3, -0.25) is 4.79 Å². The summed E-state index contributed by atoms with van der Waals surface area (Å²) in [7, 11) is 0. The molecule has 1 amide bonds. The number of carbonyl (C=O) groups excluding carboxylic acids is 1. The molecule has 1 fully saturated rings. The minimum absolute atomic E-state index is 0.0800. The van der Waals surface area contributed by atoms with Crippen molar-refractivity contribution in [2.75, 3.05) is 13.2 Å². The van der Waals surface area contributed by atoms with Gasteiger partial charge in [-0.2, -0.15) is 5.26 Å². The number of carbonyl (C=O) groups is 1. The van der Waals surface area contributed by atoms with Gasteiger partial charge in [0, 0.05) is 12.0 Å². The number of amides is 1. The molecule has 0 bridgehead atoms. The predicted molar refractivity (Wildman–Crippen MR) is 51.2 cm³/mol. The highest BCUT2D eigenvalue weighted by atomic mass is 16.3.